The quantitative estimate of drug-likeness (QED) is 0.132. The van der Waals surface area contributed by atoms with E-state index in [1.807, 2.05) is 24.3 Å². The maximum Gasteiger partial charge on any atom is 0.340 e. The topological polar surface area (TPSA) is 50.8 Å². The van der Waals surface area contributed by atoms with Crippen molar-refractivity contribution >= 4 is 23.0 Å². The third-order valence-corrected chi connectivity index (χ3v) is 9.22. The van der Waals surface area contributed by atoms with Gasteiger partial charge in [0.1, 0.15) is 11.5 Å². The molecule has 5 heteroatoms. The molecule has 0 bridgehead atoms. The van der Waals surface area contributed by atoms with E-state index in [1.165, 1.54) is 44.1 Å². The molecule has 1 atom stereocenters. The first-order valence-electron chi connectivity index (χ1n) is 16.4. The van der Waals surface area contributed by atoms with Gasteiger partial charge in [-0.3, -0.25) is 0 Å². The highest BCUT2D eigenvalue weighted by molar-refractivity contribution is 5.97. The number of esters is 1. The molecule has 1 spiro atoms. The first kappa shape index (κ1) is 29.8. The van der Waals surface area contributed by atoms with Gasteiger partial charge in [0, 0.05) is 52.9 Å². The van der Waals surface area contributed by atoms with Gasteiger partial charge in [0.15, 0.2) is 5.60 Å². The number of hydrogen-bond acceptors (Lipinski definition) is 5. The van der Waals surface area contributed by atoms with E-state index >= 15 is 0 Å². The fraction of sp³-hybridized carbons (Fsp3) is 0.359. The Morgan fingerprint density at radius 2 is 1.48 bits per heavy atom. The third kappa shape index (κ3) is 5.45. The molecule has 4 aromatic carbocycles. The van der Waals surface area contributed by atoms with Crippen LogP contribution in [0, 0.1) is 6.92 Å². The predicted octanol–water partition coefficient (Wildman–Crippen LogP) is 10.1. The lowest BCUT2D eigenvalue weighted by Gasteiger charge is -2.37. The minimum absolute atomic E-state index is 0.316. The molecular formula is C39H44N2O3. The molecule has 1 unspecified atom stereocenters. The molecule has 228 valence electrons. The molecule has 6 rings (SSSR count). The number of aryl methyl sites for hydroxylation is 2. The third-order valence-electron chi connectivity index (χ3n) is 9.22. The highest BCUT2D eigenvalue weighted by Crippen LogP contribution is 2.57. The first-order valence-corrected chi connectivity index (χ1v) is 16.4. The average molecular weight is 589 g/mol. The molecule has 1 N–H and O–H groups in total. The van der Waals surface area contributed by atoms with Gasteiger partial charge in [-0.2, -0.15) is 0 Å². The van der Waals surface area contributed by atoms with Crippen LogP contribution >= 0.6 is 0 Å². The summed E-state index contributed by atoms with van der Waals surface area (Å²) >= 11 is 0. The van der Waals surface area contributed by atoms with Crippen molar-refractivity contribution in [3.63, 3.8) is 0 Å². The van der Waals surface area contributed by atoms with Crippen LogP contribution < -0.4 is 15.0 Å². The molecule has 5 nitrogen and oxygen atoms in total. The van der Waals surface area contributed by atoms with Crippen LogP contribution in [0.4, 0.5) is 17.1 Å². The number of ether oxygens (including phenoxy) is 2. The lowest BCUT2D eigenvalue weighted by Crippen LogP contribution is -2.33. The van der Waals surface area contributed by atoms with Crippen LogP contribution in [0.25, 0.3) is 0 Å². The Morgan fingerprint density at radius 3 is 2.25 bits per heavy atom. The van der Waals surface area contributed by atoms with Crippen molar-refractivity contribution in [2.24, 2.45) is 0 Å². The molecule has 0 radical (unpaired) electrons. The van der Waals surface area contributed by atoms with E-state index in [9.17, 15) is 4.79 Å². The summed E-state index contributed by atoms with van der Waals surface area (Å²) < 4.78 is 13.1. The largest absolute Gasteiger partial charge is 0.456 e. The summed E-state index contributed by atoms with van der Waals surface area (Å²) in [5, 5.41) is 3.64. The monoisotopic (exact) mass is 588 g/mol. The fourth-order valence-corrected chi connectivity index (χ4v) is 6.75. The molecular weight excluding hydrogens is 544 g/mol. The van der Waals surface area contributed by atoms with Gasteiger partial charge in [-0.05, 0) is 87.2 Å². The summed E-state index contributed by atoms with van der Waals surface area (Å²) in [5.74, 6) is 1.10. The summed E-state index contributed by atoms with van der Waals surface area (Å²) in [5.41, 5.74) is 7.50. The van der Waals surface area contributed by atoms with E-state index in [1.54, 1.807) is 0 Å². The number of unbranched alkanes of at least 4 members (excludes halogenated alkanes) is 5. The first-order chi connectivity index (χ1) is 21.5. The minimum atomic E-state index is -1.09. The molecule has 2 aliphatic heterocycles. The number of carbonyl (C=O) groups excluding carboxylic acids is 1. The van der Waals surface area contributed by atoms with Gasteiger partial charge in [-0.1, -0.05) is 69.4 Å². The molecule has 0 saturated heterocycles. The zero-order chi connectivity index (χ0) is 30.7. The second-order valence-corrected chi connectivity index (χ2v) is 12.1. The molecule has 0 amide bonds. The Labute approximate surface area is 262 Å². The van der Waals surface area contributed by atoms with E-state index in [4.69, 9.17) is 9.47 Å². The fourth-order valence-electron chi connectivity index (χ4n) is 6.75. The van der Waals surface area contributed by atoms with Crippen molar-refractivity contribution in [3.8, 4) is 11.5 Å². The number of nitrogens with one attached hydrogen (secondary N) is 1. The number of carbonyl (C=O) groups is 1. The van der Waals surface area contributed by atoms with E-state index in [0.717, 1.165) is 58.8 Å². The lowest BCUT2D eigenvalue weighted by atomic mass is 9.77. The van der Waals surface area contributed by atoms with Crippen LogP contribution in [0.2, 0.25) is 0 Å². The highest BCUT2D eigenvalue weighted by Gasteiger charge is 2.53. The van der Waals surface area contributed by atoms with Gasteiger partial charge in [0.05, 0.1) is 5.56 Å². The second kappa shape index (κ2) is 12.8. The Bertz CT molecular complexity index is 1640. The number of nitrogens with zero attached hydrogens (tertiary/aromatic N) is 1. The summed E-state index contributed by atoms with van der Waals surface area (Å²) in [6, 6.07) is 26.9. The SMILES string of the molecule is CCCCCCCCc1ccc(Nc2cc3c(cc2C)Oc2cc(N(CC)CC)ccc2C32OC(=O)c3ccccc32)cc1. The Kier molecular flexibility index (Phi) is 8.65. The number of benzene rings is 4. The summed E-state index contributed by atoms with van der Waals surface area (Å²) in [4.78, 5) is 15.6. The maximum atomic E-state index is 13.4. The summed E-state index contributed by atoms with van der Waals surface area (Å²) in [6.45, 7) is 10.4. The Balaban J connectivity index is 1.34. The Morgan fingerprint density at radius 1 is 0.750 bits per heavy atom. The summed E-state index contributed by atoms with van der Waals surface area (Å²) in [7, 11) is 0. The van der Waals surface area contributed by atoms with Crippen LogP contribution in [0.5, 0.6) is 11.5 Å². The van der Waals surface area contributed by atoms with Gasteiger partial charge in [-0.25, -0.2) is 4.79 Å². The standard InChI is InChI=1S/C39H44N2O3/c1-5-8-9-10-11-12-15-28-18-20-29(21-19-28)40-35-26-34-36(24-27(35)4)43-37-25-30(41(6-2)7-3)22-23-33(37)39(34)32-17-14-13-16-31(32)38(42)44-39/h13-14,16-26,40H,5-12,15H2,1-4H3. The molecule has 2 heterocycles. The molecule has 4 aromatic rings. The van der Waals surface area contributed by atoms with Crippen molar-refractivity contribution in [1.29, 1.82) is 0 Å². The number of fused-ring (bicyclic) bond motifs is 6. The van der Waals surface area contributed by atoms with E-state index in [0.29, 0.717) is 17.1 Å². The smallest absolute Gasteiger partial charge is 0.340 e. The van der Waals surface area contributed by atoms with Crippen molar-refractivity contribution in [2.75, 3.05) is 23.3 Å². The van der Waals surface area contributed by atoms with Crippen LogP contribution in [-0.2, 0) is 16.8 Å². The molecule has 0 aromatic heterocycles. The lowest BCUT2D eigenvalue weighted by molar-refractivity contribution is 0.0224. The van der Waals surface area contributed by atoms with Gasteiger partial charge < -0.3 is 19.7 Å². The van der Waals surface area contributed by atoms with Crippen molar-refractivity contribution < 1.29 is 14.3 Å². The van der Waals surface area contributed by atoms with Crippen LogP contribution in [0.3, 0.4) is 0 Å². The van der Waals surface area contributed by atoms with Gasteiger partial charge in [-0.15, -0.1) is 0 Å². The minimum Gasteiger partial charge on any atom is -0.456 e. The van der Waals surface area contributed by atoms with E-state index in [2.05, 4.69) is 92.5 Å². The zero-order valence-electron chi connectivity index (χ0n) is 26.5. The van der Waals surface area contributed by atoms with Crippen LogP contribution in [-0.4, -0.2) is 19.1 Å². The van der Waals surface area contributed by atoms with Gasteiger partial charge in [0.25, 0.3) is 0 Å². The molecule has 2 aliphatic rings. The summed E-state index contributed by atoms with van der Waals surface area (Å²) in [6.07, 6.45) is 8.96. The number of anilines is 3. The van der Waals surface area contributed by atoms with E-state index in [-0.39, 0.29) is 5.97 Å². The number of rotatable bonds is 12. The molecule has 0 fully saturated rings. The highest BCUT2D eigenvalue weighted by atomic mass is 16.6. The van der Waals surface area contributed by atoms with Crippen LogP contribution in [0.1, 0.15) is 97.5 Å². The van der Waals surface area contributed by atoms with E-state index < -0.39 is 5.60 Å². The van der Waals surface area contributed by atoms with Crippen molar-refractivity contribution in [3.05, 3.63) is 112 Å². The van der Waals surface area contributed by atoms with Gasteiger partial charge in [0.2, 0.25) is 0 Å². The molecule has 44 heavy (non-hydrogen) atoms. The number of hydrogen-bond donors (Lipinski definition) is 1. The molecule has 0 saturated carbocycles. The normalized spacial score (nSPS) is 16.1. The van der Waals surface area contributed by atoms with Crippen LogP contribution in [0.15, 0.2) is 78.9 Å². The maximum absolute atomic E-state index is 13.4. The second-order valence-electron chi connectivity index (χ2n) is 12.1. The van der Waals surface area contributed by atoms with Gasteiger partial charge >= 0.3 is 5.97 Å². The zero-order valence-corrected chi connectivity index (χ0v) is 26.5. The molecule has 0 aliphatic carbocycles. The Hall–Kier alpha value is -4.25. The van der Waals surface area contributed by atoms with Crippen molar-refractivity contribution in [2.45, 2.75) is 78.2 Å². The van der Waals surface area contributed by atoms with Crippen molar-refractivity contribution in [1.82, 2.24) is 0 Å². The predicted molar refractivity (Wildman–Crippen MR) is 180 cm³/mol. The average Bonchev–Trinajstić information content (AvgIpc) is 3.33.